The average molecular weight is 282 g/mol. The topological polar surface area (TPSA) is 61.4 Å². The molecular weight excluding hydrogens is 260 g/mol. The van der Waals surface area contributed by atoms with E-state index in [1.165, 1.54) is 11.3 Å². The van der Waals surface area contributed by atoms with Gasteiger partial charge in [-0.1, -0.05) is 19.3 Å². The fraction of sp³-hybridized carbons (Fsp3) is 0.643. The molecule has 0 saturated heterocycles. The molecule has 5 heteroatoms. The van der Waals surface area contributed by atoms with Gasteiger partial charge in [0.1, 0.15) is 0 Å². The molecule has 1 aromatic heterocycles. The minimum absolute atomic E-state index is 0.204. The SMILES string of the molecule is Cc1ccc(CNC(=O)NCC2(O)CCCCC2)s1. The van der Waals surface area contributed by atoms with Crippen molar-refractivity contribution in [2.45, 2.75) is 51.2 Å². The van der Waals surface area contributed by atoms with Crippen molar-refractivity contribution in [2.24, 2.45) is 0 Å². The molecule has 1 heterocycles. The number of aryl methyl sites for hydroxylation is 1. The lowest BCUT2D eigenvalue weighted by atomic mass is 9.85. The second-order valence-electron chi connectivity index (χ2n) is 5.33. The zero-order valence-electron chi connectivity index (χ0n) is 11.4. The van der Waals surface area contributed by atoms with Crippen molar-refractivity contribution < 1.29 is 9.90 Å². The molecule has 2 amide bonds. The highest BCUT2D eigenvalue weighted by atomic mass is 32.1. The Morgan fingerprint density at radius 1 is 1.32 bits per heavy atom. The summed E-state index contributed by atoms with van der Waals surface area (Å²) in [6.07, 6.45) is 4.86. The van der Waals surface area contributed by atoms with E-state index >= 15 is 0 Å². The van der Waals surface area contributed by atoms with Gasteiger partial charge >= 0.3 is 6.03 Å². The number of aliphatic hydroxyl groups is 1. The van der Waals surface area contributed by atoms with Crippen LogP contribution < -0.4 is 10.6 Å². The van der Waals surface area contributed by atoms with Gasteiger partial charge in [0, 0.05) is 16.3 Å². The lowest BCUT2D eigenvalue weighted by Crippen LogP contribution is -2.47. The maximum absolute atomic E-state index is 11.7. The monoisotopic (exact) mass is 282 g/mol. The molecule has 4 nitrogen and oxygen atoms in total. The number of hydrogen-bond donors (Lipinski definition) is 3. The molecule has 106 valence electrons. The molecule has 1 fully saturated rings. The van der Waals surface area contributed by atoms with Crippen molar-refractivity contribution in [3.05, 3.63) is 21.9 Å². The lowest BCUT2D eigenvalue weighted by Gasteiger charge is -2.32. The van der Waals surface area contributed by atoms with E-state index < -0.39 is 5.60 Å². The van der Waals surface area contributed by atoms with Gasteiger partial charge in [-0.3, -0.25) is 0 Å². The Kier molecular flexibility index (Phi) is 4.82. The number of rotatable bonds is 4. The van der Waals surface area contributed by atoms with Gasteiger partial charge in [-0.15, -0.1) is 11.3 Å². The van der Waals surface area contributed by atoms with Crippen LogP contribution in [0.5, 0.6) is 0 Å². The first-order valence-electron chi connectivity index (χ1n) is 6.87. The predicted octanol–water partition coefficient (Wildman–Crippen LogP) is 2.55. The second kappa shape index (κ2) is 6.39. The highest BCUT2D eigenvalue weighted by Gasteiger charge is 2.29. The van der Waals surface area contributed by atoms with Gasteiger partial charge in [0.2, 0.25) is 0 Å². The number of urea groups is 1. The van der Waals surface area contributed by atoms with Crippen LogP contribution in [0.2, 0.25) is 0 Å². The largest absolute Gasteiger partial charge is 0.388 e. The number of nitrogens with one attached hydrogen (secondary N) is 2. The van der Waals surface area contributed by atoms with Crippen molar-refractivity contribution in [3.8, 4) is 0 Å². The fourth-order valence-electron chi connectivity index (χ4n) is 2.44. The van der Waals surface area contributed by atoms with Crippen LogP contribution in [-0.2, 0) is 6.54 Å². The maximum Gasteiger partial charge on any atom is 0.315 e. The first kappa shape index (κ1) is 14.3. The fourth-order valence-corrected chi connectivity index (χ4v) is 3.27. The minimum atomic E-state index is -0.699. The van der Waals surface area contributed by atoms with Crippen LogP contribution in [0.4, 0.5) is 4.79 Å². The Morgan fingerprint density at radius 3 is 2.68 bits per heavy atom. The molecule has 19 heavy (non-hydrogen) atoms. The van der Waals surface area contributed by atoms with Gasteiger partial charge in [-0.05, 0) is 31.9 Å². The molecule has 0 bridgehead atoms. The Hall–Kier alpha value is -1.07. The summed E-state index contributed by atoms with van der Waals surface area (Å²) in [7, 11) is 0. The summed E-state index contributed by atoms with van der Waals surface area (Å²) in [5, 5.41) is 15.9. The van der Waals surface area contributed by atoms with Crippen molar-refractivity contribution in [2.75, 3.05) is 6.54 Å². The molecule has 0 spiro atoms. The molecule has 0 atom stereocenters. The normalized spacial score (nSPS) is 18.0. The summed E-state index contributed by atoms with van der Waals surface area (Å²) in [6.45, 7) is 2.94. The van der Waals surface area contributed by atoms with Crippen LogP contribution in [0, 0.1) is 6.92 Å². The van der Waals surface area contributed by atoms with Crippen LogP contribution in [0.1, 0.15) is 41.9 Å². The molecule has 0 radical (unpaired) electrons. The Bertz CT molecular complexity index is 425. The second-order valence-corrected chi connectivity index (χ2v) is 6.71. The molecule has 0 aliphatic heterocycles. The van der Waals surface area contributed by atoms with Gasteiger partial charge < -0.3 is 15.7 Å². The van der Waals surface area contributed by atoms with Crippen LogP contribution in [-0.4, -0.2) is 23.3 Å². The summed E-state index contributed by atoms with van der Waals surface area (Å²) in [5.74, 6) is 0. The van der Waals surface area contributed by atoms with E-state index in [1.807, 2.05) is 19.1 Å². The van der Waals surface area contributed by atoms with Crippen LogP contribution >= 0.6 is 11.3 Å². The highest BCUT2D eigenvalue weighted by molar-refractivity contribution is 7.11. The Morgan fingerprint density at radius 2 is 2.05 bits per heavy atom. The third-order valence-corrected chi connectivity index (χ3v) is 4.58. The molecule has 0 unspecified atom stereocenters. The van der Waals surface area contributed by atoms with Crippen molar-refractivity contribution in [3.63, 3.8) is 0 Å². The third kappa shape index (κ3) is 4.51. The summed E-state index contributed by atoms with van der Waals surface area (Å²) < 4.78 is 0. The minimum Gasteiger partial charge on any atom is -0.388 e. The van der Waals surface area contributed by atoms with E-state index in [-0.39, 0.29) is 6.03 Å². The molecule has 1 saturated carbocycles. The van der Waals surface area contributed by atoms with Gasteiger partial charge in [-0.2, -0.15) is 0 Å². The Labute approximate surface area is 118 Å². The summed E-state index contributed by atoms with van der Waals surface area (Å²) in [4.78, 5) is 14.1. The first-order valence-corrected chi connectivity index (χ1v) is 7.68. The van der Waals surface area contributed by atoms with Crippen molar-refractivity contribution >= 4 is 17.4 Å². The maximum atomic E-state index is 11.7. The quantitative estimate of drug-likeness (QED) is 0.795. The smallest absolute Gasteiger partial charge is 0.315 e. The average Bonchev–Trinajstić information content (AvgIpc) is 2.81. The zero-order chi connectivity index (χ0) is 13.7. The van der Waals surface area contributed by atoms with E-state index in [2.05, 4.69) is 10.6 Å². The number of carbonyl (C=O) groups excluding carboxylic acids is 1. The molecule has 2 rings (SSSR count). The zero-order valence-corrected chi connectivity index (χ0v) is 12.2. The van der Waals surface area contributed by atoms with Crippen molar-refractivity contribution in [1.82, 2.24) is 10.6 Å². The first-order chi connectivity index (χ1) is 9.07. The third-order valence-electron chi connectivity index (χ3n) is 3.58. The van der Waals surface area contributed by atoms with E-state index in [0.717, 1.165) is 30.6 Å². The lowest BCUT2D eigenvalue weighted by molar-refractivity contribution is 0.00719. The van der Waals surface area contributed by atoms with E-state index in [9.17, 15) is 9.90 Å². The van der Waals surface area contributed by atoms with E-state index in [4.69, 9.17) is 0 Å². The van der Waals surface area contributed by atoms with Crippen LogP contribution in [0.25, 0.3) is 0 Å². The van der Waals surface area contributed by atoms with Gasteiger partial charge in [-0.25, -0.2) is 4.79 Å². The number of carbonyl (C=O) groups is 1. The van der Waals surface area contributed by atoms with Crippen LogP contribution in [0.3, 0.4) is 0 Å². The van der Waals surface area contributed by atoms with Gasteiger partial charge in [0.05, 0.1) is 12.1 Å². The molecule has 3 N–H and O–H groups in total. The number of thiophene rings is 1. The van der Waals surface area contributed by atoms with E-state index in [1.54, 1.807) is 11.3 Å². The molecular formula is C14H22N2O2S. The van der Waals surface area contributed by atoms with Gasteiger partial charge in [0.25, 0.3) is 0 Å². The standard InChI is InChI=1S/C14H22N2O2S/c1-11-5-6-12(19-11)9-15-13(17)16-10-14(18)7-3-2-4-8-14/h5-6,18H,2-4,7-10H2,1H3,(H2,15,16,17). The summed E-state index contributed by atoms with van der Waals surface area (Å²) in [6, 6.07) is 3.87. The molecule has 0 aromatic carbocycles. The van der Waals surface area contributed by atoms with Crippen molar-refractivity contribution in [1.29, 1.82) is 0 Å². The Balaban J connectivity index is 1.69. The molecule has 1 aliphatic rings. The molecule has 1 aliphatic carbocycles. The summed E-state index contributed by atoms with van der Waals surface area (Å²) in [5.41, 5.74) is -0.699. The number of amides is 2. The predicted molar refractivity (Wildman–Crippen MR) is 77.3 cm³/mol. The molecule has 1 aromatic rings. The number of hydrogen-bond acceptors (Lipinski definition) is 3. The highest BCUT2D eigenvalue weighted by Crippen LogP contribution is 2.27. The van der Waals surface area contributed by atoms with E-state index in [0.29, 0.717) is 13.1 Å². The van der Waals surface area contributed by atoms with Crippen LogP contribution in [0.15, 0.2) is 12.1 Å². The van der Waals surface area contributed by atoms with Gasteiger partial charge in [0.15, 0.2) is 0 Å². The summed E-state index contributed by atoms with van der Waals surface area (Å²) >= 11 is 1.68.